The van der Waals surface area contributed by atoms with Gasteiger partial charge >= 0.3 is 6.36 Å². The Balaban J connectivity index is 2.23. The summed E-state index contributed by atoms with van der Waals surface area (Å²) in [6, 6.07) is 7.37. The zero-order chi connectivity index (χ0) is 13.3. The quantitative estimate of drug-likeness (QED) is 0.883. The first kappa shape index (κ1) is 13.0. The Morgan fingerprint density at radius 3 is 2.61 bits per heavy atom. The normalized spacial score (nSPS) is 19.7. The van der Waals surface area contributed by atoms with Crippen molar-refractivity contribution in [3.63, 3.8) is 0 Å². The van der Waals surface area contributed by atoms with Gasteiger partial charge in [0.15, 0.2) is 6.23 Å². The van der Waals surface area contributed by atoms with Crippen molar-refractivity contribution in [1.29, 1.82) is 0 Å². The van der Waals surface area contributed by atoms with Gasteiger partial charge in [-0.15, -0.1) is 13.2 Å². The van der Waals surface area contributed by atoms with Crippen LogP contribution in [0.5, 0.6) is 0 Å². The van der Waals surface area contributed by atoms with E-state index >= 15 is 0 Å². The van der Waals surface area contributed by atoms with E-state index in [4.69, 9.17) is 0 Å². The van der Waals surface area contributed by atoms with Crippen molar-refractivity contribution in [2.75, 3.05) is 16.8 Å². The van der Waals surface area contributed by atoms with E-state index in [1.165, 1.54) is 0 Å². The van der Waals surface area contributed by atoms with Gasteiger partial charge in [-0.2, -0.15) is 0 Å². The zero-order valence-electron chi connectivity index (χ0n) is 10.2. The molecular weight excluding hydrogens is 245 g/mol. The molecule has 1 heterocycles. The summed E-state index contributed by atoms with van der Waals surface area (Å²) in [6.45, 7) is 4.04. The van der Waals surface area contributed by atoms with E-state index in [0.29, 0.717) is 5.69 Å². The van der Waals surface area contributed by atoms with E-state index in [2.05, 4.69) is 10.1 Å². The fraction of sp³-hybridized carbons (Fsp3) is 0.500. The number of alkyl halides is 3. The van der Waals surface area contributed by atoms with Gasteiger partial charge in [-0.3, -0.25) is 4.74 Å². The maximum atomic E-state index is 12.3. The lowest BCUT2D eigenvalue weighted by molar-refractivity contribution is -0.337. The summed E-state index contributed by atoms with van der Waals surface area (Å²) in [5.41, 5.74) is 1.56. The first-order chi connectivity index (χ1) is 8.37. The molecule has 0 aliphatic carbocycles. The molecule has 100 valence electrons. The van der Waals surface area contributed by atoms with Gasteiger partial charge in [0, 0.05) is 6.04 Å². The summed E-state index contributed by atoms with van der Waals surface area (Å²) in [6.07, 6.45) is -5.71. The number of para-hydroxylation sites is 2. The smallest absolute Gasteiger partial charge is 0.363 e. The number of benzene rings is 1. The lowest BCUT2D eigenvalue weighted by atomic mass is 10.1. The first-order valence-electron chi connectivity index (χ1n) is 5.73. The molecule has 0 unspecified atom stereocenters. The largest absolute Gasteiger partial charge is 0.524 e. The molecule has 0 amide bonds. The van der Waals surface area contributed by atoms with Crippen molar-refractivity contribution < 1.29 is 17.9 Å². The van der Waals surface area contributed by atoms with Gasteiger partial charge in [0.2, 0.25) is 0 Å². The molecule has 0 saturated carbocycles. The van der Waals surface area contributed by atoms with Crippen LogP contribution in [0.1, 0.15) is 13.8 Å². The van der Waals surface area contributed by atoms with Crippen LogP contribution in [0.3, 0.4) is 0 Å². The van der Waals surface area contributed by atoms with Gasteiger partial charge in [-0.25, -0.2) is 0 Å². The van der Waals surface area contributed by atoms with Crippen LogP contribution in [0.25, 0.3) is 0 Å². The number of fused-ring (bicyclic) bond motifs is 1. The molecule has 3 nitrogen and oxygen atoms in total. The summed E-state index contributed by atoms with van der Waals surface area (Å²) in [7, 11) is 0. The standard InChI is InChI=1S/C12H15F3N2O/c1-8(2)17-7-11(18-12(13,14)15)16-9-5-3-4-6-10(9)17/h3-6,8,11,16H,7H2,1-2H3/t11-/m1/s1. The number of hydrogen-bond acceptors (Lipinski definition) is 3. The third-order valence-electron chi connectivity index (χ3n) is 2.79. The molecule has 6 heteroatoms. The number of nitrogens with one attached hydrogen (secondary N) is 1. The molecule has 0 spiro atoms. The molecule has 18 heavy (non-hydrogen) atoms. The van der Waals surface area contributed by atoms with E-state index < -0.39 is 12.6 Å². The highest BCUT2D eigenvalue weighted by atomic mass is 19.4. The zero-order valence-corrected chi connectivity index (χ0v) is 10.2. The lowest BCUT2D eigenvalue weighted by Gasteiger charge is -2.39. The van der Waals surface area contributed by atoms with Crippen molar-refractivity contribution in [2.24, 2.45) is 0 Å². The van der Waals surface area contributed by atoms with E-state index in [0.717, 1.165) is 5.69 Å². The minimum absolute atomic E-state index is 0.104. The summed E-state index contributed by atoms with van der Waals surface area (Å²) in [5.74, 6) is 0. The summed E-state index contributed by atoms with van der Waals surface area (Å²) in [4.78, 5) is 1.89. The molecule has 2 rings (SSSR count). The fourth-order valence-corrected chi connectivity index (χ4v) is 2.06. The average molecular weight is 260 g/mol. The number of nitrogens with zero attached hydrogens (tertiary/aromatic N) is 1. The average Bonchev–Trinajstić information content (AvgIpc) is 2.25. The highest BCUT2D eigenvalue weighted by Gasteiger charge is 2.36. The van der Waals surface area contributed by atoms with Gasteiger partial charge in [0.25, 0.3) is 0 Å². The van der Waals surface area contributed by atoms with Gasteiger partial charge in [0.1, 0.15) is 0 Å². The minimum Gasteiger partial charge on any atom is -0.363 e. The molecule has 1 aliphatic heterocycles. The lowest BCUT2D eigenvalue weighted by Crippen LogP contribution is -2.47. The Morgan fingerprint density at radius 1 is 1.33 bits per heavy atom. The van der Waals surface area contributed by atoms with Crippen molar-refractivity contribution in [3.8, 4) is 0 Å². The van der Waals surface area contributed by atoms with Crippen LogP contribution < -0.4 is 10.2 Å². The molecule has 1 aromatic rings. The molecule has 1 aliphatic rings. The predicted molar refractivity (Wildman–Crippen MR) is 63.5 cm³/mol. The van der Waals surface area contributed by atoms with Gasteiger partial charge in [-0.05, 0) is 26.0 Å². The Kier molecular flexibility index (Phi) is 3.38. The van der Waals surface area contributed by atoms with Crippen LogP contribution in [0.15, 0.2) is 24.3 Å². The summed E-state index contributed by atoms with van der Waals surface area (Å²) < 4.78 is 40.9. The highest BCUT2D eigenvalue weighted by Crippen LogP contribution is 2.33. The third kappa shape index (κ3) is 2.87. The van der Waals surface area contributed by atoms with E-state index in [9.17, 15) is 13.2 Å². The monoisotopic (exact) mass is 260 g/mol. The number of ether oxygens (including phenoxy) is 1. The number of halogens is 3. The maximum absolute atomic E-state index is 12.3. The van der Waals surface area contributed by atoms with Crippen LogP contribution in [0, 0.1) is 0 Å². The Hall–Kier alpha value is -1.43. The van der Waals surface area contributed by atoms with Gasteiger partial charge in [-0.1, -0.05) is 12.1 Å². The molecule has 0 aromatic heterocycles. The molecule has 0 fully saturated rings. The summed E-state index contributed by atoms with van der Waals surface area (Å²) in [5, 5.41) is 2.75. The van der Waals surface area contributed by atoms with Crippen LogP contribution in [0.4, 0.5) is 24.5 Å². The second kappa shape index (κ2) is 4.68. The number of rotatable bonds is 2. The second-order valence-electron chi connectivity index (χ2n) is 4.46. The molecule has 0 radical (unpaired) electrons. The number of anilines is 2. The van der Waals surface area contributed by atoms with Gasteiger partial charge < -0.3 is 10.2 Å². The SMILES string of the molecule is CC(C)N1C[C@@H](OC(F)(F)F)Nc2ccccc21. The van der Waals surface area contributed by atoms with Crippen molar-refractivity contribution in [3.05, 3.63) is 24.3 Å². The Labute approximate surface area is 104 Å². The van der Waals surface area contributed by atoms with Crippen LogP contribution in [-0.2, 0) is 4.74 Å². The molecule has 0 saturated heterocycles. The second-order valence-corrected chi connectivity index (χ2v) is 4.46. The van der Waals surface area contributed by atoms with Gasteiger partial charge in [0.05, 0.1) is 17.9 Å². The van der Waals surface area contributed by atoms with Crippen molar-refractivity contribution in [2.45, 2.75) is 32.5 Å². The Bertz CT molecular complexity index is 420. The fourth-order valence-electron chi connectivity index (χ4n) is 2.06. The van der Waals surface area contributed by atoms with Crippen LogP contribution in [0.2, 0.25) is 0 Å². The third-order valence-corrected chi connectivity index (χ3v) is 2.79. The molecule has 1 aromatic carbocycles. The van der Waals surface area contributed by atoms with Crippen LogP contribution in [-0.4, -0.2) is 25.2 Å². The first-order valence-corrected chi connectivity index (χ1v) is 5.73. The van der Waals surface area contributed by atoms with Crippen molar-refractivity contribution in [1.82, 2.24) is 0 Å². The maximum Gasteiger partial charge on any atom is 0.524 e. The van der Waals surface area contributed by atoms with E-state index in [1.807, 2.05) is 30.9 Å². The van der Waals surface area contributed by atoms with E-state index in [1.54, 1.807) is 12.1 Å². The molecular formula is C12H15F3N2O. The molecule has 1 atom stereocenters. The summed E-state index contributed by atoms with van der Waals surface area (Å²) >= 11 is 0. The van der Waals surface area contributed by atoms with Crippen LogP contribution >= 0.6 is 0 Å². The Morgan fingerprint density at radius 2 is 2.00 bits per heavy atom. The van der Waals surface area contributed by atoms with E-state index in [-0.39, 0.29) is 12.6 Å². The van der Waals surface area contributed by atoms with Crippen molar-refractivity contribution >= 4 is 11.4 Å². The number of hydrogen-bond donors (Lipinski definition) is 1. The predicted octanol–water partition coefficient (Wildman–Crippen LogP) is 3.19. The molecule has 0 bridgehead atoms. The highest BCUT2D eigenvalue weighted by molar-refractivity contribution is 5.72. The minimum atomic E-state index is -4.63. The molecule has 1 N–H and O–H groups in total. The topological polar surface area (TPSA) is 24.5 Å².